The van der Waals surface area contributed by atoms with E-state index < -0.39 is 23.7 Å². The van der Waals surface area contributed by atoms with Crippen LogP contribution in [0.2, 0.25) is 5.02 Å². The Hall–Kier alpha value is -2.40. The summed E-state index contributed by atoms with van der Waals surface area (Å²) >= 11 is 6.16. The van der Waals surface area contributed by atoms with Crippen LogP contribution in [0.1, 0.15) is 35.3 Å². The molecule has 0 aliphatic heterocycles. The topological polar surface area (TPSA) is 55.4 Å². The number of benzene rings is 2. The number of halogens is 2. The van der Waals surface area contributed by atoms with Crippen LogP contribution in [0.25, 0.3) is 0 Å². The second-order valence-electron chi connectivity index (χ2n) is 5.04. The van der Waals surface area contributed by atoms with Crippen LogP contribution >= 0.6 is 11.6 Å². The zero-order chi connectivity index (χ0) is 17.5. The first-order chi connectivity index (χ1) is 11.5. The standard InChI is InChI=1S/C18H17ClFNO3/c1-2-24-17(22)11-16(12-7-3-5-9-14(12)19)21-18(23)13-8-4-6-10-15(13)20/h3-10,16H,2,11H2,1H3,(H,21,23)/t16-/m1/s1. The van der Waals surface area contributed by atoms with Crippen LogP contribution in [0.15, 0.2) is 48.5 Å². The SMILES string of the molecule is CCOC(=O)C[C@@H](NC(=O)c1ccccc1F)c1ccccc1Cl. The highest BCUT2D eigenvalue weighted by molar-refractivity contribution is 6.31. The molecule has 0 saturated heterocycles. The smallest absolute Gasteiger partial charge is 0.308 e. The Morgan fingerprint density at radius 1 is 1.17 bits per heavy atom. The van der Waals surface area contributed by atoms with E-state index >= 15 is 0 Å². The Morgan fingerprint density at radius 2 is 1.83 bits per heavy atom. The van der Waals surface area contributed by atoms with Crippen molar-refractivity contribution in [3.05, 3.63) is 70.5 Å². The minimum atomic E-state index is -0.718. The summed E-state index contributed by atoms with van der Waals surface area (Å²) in [5, 5.41) is 3.06. The van der Waals surface area contributed by atoms with Crippen molar-refractivity contribution in [2.24, 2.45) is 0 Å². The number of esters is 1. The molecule has 2 aromatic carbocycles. The van der Waals surface area contributed by atoms with Gasteiger partial charge in [0.15, 0.2) is 0 Å². The van der Waals surface area contributed by atoms with Crippen molar-refractivity contribution in [1.82, 2.24) is 5.32 Å². The molecule has 1 atom stereocenters. The number of amides is 1. The van der Waals surface area contributed by atoms with Crippen molar-refractivity contribution in [2.45, 2.75) is 19.4 Å². The Kier molecular flexibility index (Phi) is 6.32. The first-order valence-corrected chi connectivity index (χ1v) is 7.86. The lowest BCUT2D eigenvalue weighted by molar-refractivity contribution is -0.143. The van der Waals surface area contributed by atoms with Crippen LogP contribution in [0.4, 0.5) is 4.39 Å². The van der Waals surface area contributed by atoms with Crippen LogP contribution in [0, 0.1) is 5.82 Å². The van der Waals surface area contributed by atoms with E-state index in [2.05, 4.69) is 5.32 Å². The number of rotatable bonds is 6. The lowest BCUT2D eigenvalue weighted by Crippen LogP contribution is -2.31. The fourth-order valence-corrected chi connectivity index (χ4v) is 2.53. The predicted octanol–water partition coefficient (Wildman–Crippen LogP) is 3.90. The molecule has 2 aromatic rings. The van der Waals surface area contributed by atoms with Gasteiger partial charge in [-0.3, -0.25) is 9.59 Å². The van der Waals surface area contributed by atoms with E-state index in [-0.39, 0.29) is 18.6 Å². The van der Waals surface area contributed by atoms with E-state index in [0.717, 1.165) is 0 Å². The molecule has 6 heteroatoms. The average Bonchev–Trinajstić information content (AvgIpc) is 2.55. The zero-order valence-corrected chi connectivity index (χ0v) is 13.8. The van der Waals surface area contributed by atoms with Gasteiger partial charge in [-0.15, -0.1) is 0 Å². The van der Waals surface area contributed by atoms with E-state index in [1.165, 1.54) is 18.2 Å². The highest BCUT2D eigenvalue weighted by Crippen LogP contribution is 2.26. The van der Waals surface area contributed by atoms with Gasteiger partial charge in [0.1, 0.15) is 5.82 Å². The number of nitrogens with one attached hydrogen (secondary N) is 1. The maximum absolute atomic E-state index is 13.8. The molecule has 2 rings (SSSR count). The number of ether oxygens (including phenoxy) is 1. The third-order valence-corrected chi connectivity index (χ3v) is 3.72. The summed E-state index contributed by atoms with van der Waals surface area (Å²) in [6, 6.07) is 11.8. The van der Waals surface area contributed by atoms with Crippen LogP contribution in [0.3, 0.4) is 0 Å². The predicted molar refractivity (Wildman–Crippen MR) is 89.3 cm³/mol. The second-order valence-corrected chi connectivity index (χ2v) is 5.44. The van der Waals surface area contributed by atoms with E-state index in [0.29, 0.717) is 10.6 Å². The average molecular weight is 350 g/mol. The van der Waals surface area contributed by atoms with Gasteiger partial charge in [-0.25, -0.2) is 4.39 Å². The van der Waals surface area contributed by atoms with Crippen LogP contribution in [-0.4, -0.2) is 18.5 Å². The molecule has 0 bridgehead atoms. The van der Waals surface area contributed by atoms with Gasteiger partial charge >= 0.3 is 5.97 Å². The van der Waals surface area contributed by atoms with Gasteiger partial charge in [-0.1, -0.05) is 41.9 Å². The van der Waals surface area contributed by atoms with Crippen molar-refractivity contribution < 1.29 is 18.7 Å². The van der Waals surface area contributed by atoms with Crippen molar-refractivity contribution in [3.8, 4) is 0 Å². The molecule has 1 amide bonds. The van der Waals surface area contributed by atoms with Gasteiger partial charge in [-0.2, -0.15) is 0 Å². The molecule has 0 radical (unpaired) electrons. The molecule has 24 heavy (non-hydrogen) atoms. The fourth-order valence-electron chi connectivity index (χ4n) is 2.26. The maximum Gasteiger partial charge on any atom is 0.308 e. The van der Waals surface area contributed by atoms with Crippen molar-refractivity contribution >= 4 is 23.5 Å². The number of hydrogen-bond donors (Lipinski definition) is 1. The van der Waals surface area contributed by atoms with Crippen molar-refractivity contribution in [2.75, 3.05) is 6.61 Å². The molecule has 0 heterocycles. The lowest BCUT2D eigenvalue weighted by Gasteiger charge is -2.20. The normalized spacial score (nSPS) is 11.6. The number of carbonyl (C=O) groups is 2. The summed E-state index contributed by atoms with van der Waals surface area (Å²) in [6.45, 7) is 1.93. The number of carbonyl (C=O) groups excluding carboxylic acids is 2. The minimum Gasteiger partial charge on any atom is -0.466 e. The third-order valence-electron chi connectivity index (χ3n) is 3.38. The molecule has 126 valence electrons. The molecule has 4 nitrogen and oxygen atoms in total. The van der Waals surface area contributed by atoms with Crippen LogP contribution in [0.5, 0.6) is 0 Å². The Labute approximate surface area is 144 Å². The quantitative estimate of drug-likeness (QED) is 0.805. The van der Waals surface area contributed by atoms with Crippen molar-refractivity contribution in [3.63, 3.8) is 0 Å². The first-order valence-electron chi connectivity index (χ1n) is 7.48. The van der Waals surface area contributed by atoms with Gasteiger partial charge < -0.3 is 10.1 Å². The summed E-state index contributed by atoms with van der Waals surface area (Å²) in [5.74, 6) is -1.73. The molecule has 0 unspecified atom stereocenters. The fraction of sp³-hybridized carbons (Fsp3) is 0.222. The molecular formula is C18H17ClFNO3. The Balaban J connectivity index is 2.26. The first kappa shape index (κ1) is 17.9. The molecule has 0 saturated carbocycles. The van der Waals surface area contributed by atoms with E-state index in [4.69, 9.17) is 16.3 Å². The monoisotopic (exact) mass is 349 g/mol. The van der Waals surface area contributed by atoms with Gasteiger partial charge in [0.25, 0.3) is 5.91 Å². The van der Waals surface area contributed by atoms with Crippen LogP contribution < -0.4 is 5.32 Å². The molecule has 0 fully saturated rings. The number of hydrogen-bond acceptors (Lipinski definition) is 3. The molecular weight excluding hydrogens is 333 g/mol. The van der Waals surface area contributed by atoms with Gasteiger partial charge in [-0.05, 0) is 30.7 Å². The maximum atomic E-state index is 13.8. The Bertz CT molecular complexity index is 736. The van der Waals surface area contributed by atoms with Gasteiger partial charge in [0.2, 0.25) is 0 Å². The Morgan fingerprint density at radius 3 is 2.50 bits per heavy atom. The summed E-state index contributed by atoms with van der Waals surface area (Å²) in [7, 11) is 0. The van der Waals surface area contributed by atoms with Gasteiger partial charge in [0, 0.05) is 5.02 Å². The molecule has 0 spiro atoms. The highest BCUT2D eigenvalue weighted by Gasteiger charge is 2.23. The van der Waals surface area contributed by atoms with E-state index in [1.807, 2.05) is 0 Å². The summed E-state index contributed by atoms with van der Waals surface area (Å²) < 4.78 is 18.7. The summed E-state index contributed by atoms with van der Waals surface area (Å²) in [6.07, 6.45) is -0.0994. The lowest BCUT2D eigenvalue weighted by atomic mass is 10.0. The summed E-state index contributed by atoms with van der Waals surface area (Å²) in [5.41, 5.74) is 0.468. The van der Waals surface area contributed by atoms with E-state index in [9.17, 15) is 14.0 Å². The van der Waals surface area contributed by atoms with Gasteiger partial charge in [0.05, 0.1) is 24.6 Å². The highest BCUT2D eigenvalue weighted by atomic mass is 35.5. The zero-order valence-electron chi connectivity index (χ0n) is 13.1. The molecule has 0 aliphatic carbocycles. The minimum absolute atomic E-state index is 0.0987. The van der Waals surface area contributed by atoms with E-state index in [1.54, 1.807) is 37.3 Å². The third kappa shape index (κ3) is 4.55. The largest absolute Gasteiger partial charge is 0.466 e. The van der Waals surface area contributed by atoms with Crippen molar-refractivity contribution in [1.29, 1.82) is 0 Å². The molecule has 0 aliphatic rings. The molecule has 1 N–H and O–H groups in total. The summed E-state index contributed by atoms with van der Waals surface area (Å²) in [4.78, 5) is 24.2. The molecule has 0 aromatic heterocycles. The second kappa shape index (κ2) is 8.45. The van der Waals surface area contributed by atoms with Crippen LogP contribution in [-0.2, 0) is 9.53 Å².